The summed E-state index contributed by atoms with van der Waals surface area (Å²) >= 11 is 0. The van der Waals surface area contributed by atoms with Gasteiger partial charge >= 0.3 is 0 Å². The maximum Gasteiger partial charge on any atom is 0.240 e. The minimum atomic E-state index is -3.61. The van der Waals surface area contributed by atoms with E-state index in [4.69, 9.17) is 5.84 Å². The molecule has 17 heavy (non-hydrogen) atoms. The van der Waals surface area contributed by atoms with Gasteiger partial charge in [0.25, 0.3) is 0 Å². The average molecular weight is 278 g/mol. The van der Waals surface area contributed by atoms with Gasteiger partial charge in [-0.05, 0) is 6.07 Å². The topological polar surface area (TPSA) is 114 Å². The Labute approximate surface area is 102 Å². The number of nitrogens with one attached hydrogen (secondary N) is 2. The number of nitrogens with two attached hydrogens (primary N) is 1. The van der Waals surface area contributed by atoms with Crippen LogP contribution in [-0.2, 0) is 20.8 Å². The van der Waals surface area contributed by atoms with Crippen molar-refractivity contribution < 1.29 is 12.6 Å². The number of aromatic nitrogens is 1. The van der Waals surface area contributed by atoms with Gasteiger partial charge in [-0.25, -0.2) is 24.0 Å². The standard InChI is InChI=1S/C8H14N4O3S2/c1-16(13)5-4-11-17(14,15)7-2-3-10-8(6-7)12-9/h2-3,6,11H,4-5,9H2,1H3,(H,10,12). The van der Waals surface area contributed by atoms with Crippen molar-refractivity contribution in [3.8, 4) is 0 Å². The van der Waals surface area contributed by atoms with Gasteiger partial charge in [0.15, 0.2) is 0 Å². The molecule has 0 spiro atoms. The fourth-order valence-electron chi connectivity index (χ4n) is 1.06. The van der Waals surface area contributed by atoms with Gasteiger partial charge < -0.3 is 5.43 Å². The highest BCUT2D eigenvalue weighted by Crippen LogP contribution is 2.11. The van der Waals surface area contributed by atoms with E-state index >= 15 is 0 Å². The first-order valence-corrected chi connectivity index (χ1v) is 7.89. The van der Waals surface area contributed by atoms with E-state index in [-0.39, 0.29) is 23.0 Å². The Morgan fingerprint density at radius 1 is 1.53 bits per heavy atom. The zero-order valence-electron chi connectivity index (χ0n) is 9.21. The summed E-state index contributed by atoms with van der Waals surface area (Å²) in [6.07, 6.45) is 2.85. The molecule has 4 N–H and O–H groups in total. The molecule has 0 aliphatic rings. The van der Waals surface area contributed by atoms with Crippen molar-refractivity contribution in [2.24, 2.45) is 5.84 Å². The van der Waals surface area contributed by atoms with Crippen LogP contribution < -0.4 is 16.0 Å². The number of hydrogen-bond donors (Lipinski definition) is 3. The Balaban J connectivity index is 2.78. The first kappa shape index (κ1) is 14.0. The van der Waals surface area contributed by atoms with Crippen LogP contribution in [0.15, 0.2) is 23.2 Å². The first-order chi connectivity index (χ1) is 7.95. The van der Waals surface area contributed by atoms with Crippen LogP contribution in [0.25, 0.3) is 0 Å². The molecule has 1 aromatic heterocycles. The summed E-state index contributed by atoms with van der Waals surface area (Å²) < 4.78 is 36.7. The average Bonchev–Trinajstić information content (AvgIpc) is 2.28. The lowest BCUT2D eigenvalue weighted by atomic mass is 10.5. The second-order valence-corrected chi connectivity index (χ2v) is 6.52. The Bertz CT molecular complexity index is 503. The molecule has 0 amide bonds. The van der Waals surface area contributed by atoms with Gasteiger partial charge in [0.1, 0.15) is 5.82 Å². The lowest BCUT2D eigenvalue weighted by Gasteiger charge is -2.06. The number of hydrazine groups is 1. The molecule has 1 aromatic rings. The Hall–Kier alpha value is -1.03. The van der Waals surface area contributed by atoms with Crippen molar-refractivity contribution in [1.29, 1.82) is 0 Å². The maximum atomic E-state index is 11.8. The molecule has 1 unspecified atom stereocenters. The molecule has 0 aliphatic heterocycles. The largest absolute Gasteiger partial charge is 0.308 e. The van der Waals surface area contributed by atoms with Crippen LogP contribution in [0, 0.1) is 0 Å². The summed E-state index contributed by atoms with van der Waals surface area (Å²) in [5.74, 6) is 5.66. The fraction of sp³-hybridized carbons (Fsp3) is 0.375. The third-order valence-corrected chi connectivity index (χ3v) is 4.11. The van der Waals surface area contributed by atoms with Crippen LogP contribution in [0.1, 0.15) is 0 Å². The van der Waals surface area contributed by atoms with Gasteiger partial charge in [-0.15, -0.1) is 0 Å². The Kier molecular flexibility index (Phi) is 5.00. The van der Waals surface area contributed by atoms with Gasteiger partial charge in [0.05, 0.1) is 4.90 Å². The van der Waals surface area contributed by atoms with E-state index < -0.39 is 20.8 Å². The molecule has 1 rings (SSSR count). The quantitative estimate of drug-likeness (QED) is 0.455. The van der Waals surface area contributed by atoms with Crippen molar-refractivity contribution in [3.63, 3.8) is 0 Å². The minimum Gasteiger partial charge on any atom is -0.308 e. The van der Waals surface area contributed by atoms with Gasteiger partial charge in [-0.2, -0.15) is 0 Å². The van der Waals surface area contributed by atoms with Crippen LogP contribution in [0.2, 0.25) is 0 Å². The second-order valence-electron chi connectivity index (χ2n) is 3.20. The van der Waals surface area contributed by atoms with Gasteiger partial charge in [-0.1, -0.05) is 0 Å². The molecule has 96 valence electrons. The summed E-state index contributed by atoms with van der Waals surface area (Å²) in [5.41, 5.74) is 2.26. The number of nitrogen functional groups attached to an aromatic ring is 1. The van der Waals surface area contributed by atoms with Crippen LogP contribution >= 0.6 is 0 Å². The van der Waals surface area contributed by atoms with Crippen LogP contribution in [0.4, 0.5) is 5.82 Å². The van der Waals surface area contributed by atoms with Crippen LogP contribution in [-0.4, -0.2) is 36.2 Å². The molecule has 7 nitrogen and oxygen atoms in total. The molecule has 1 heterocycles. The van der Waals surface area contributed by atoms with Crippen LogP contribution in [0.5, 0.6) is 0 Å². The molecule has 1 atom stereocenters. The summed E-state index contributed by atoms with van der Waals surface area (Å²) in [7, 11) is -4.64. The van der Waals surface area contributed by atoms with E-state index in [1.165, 1.54) is 24.6 Å². The number of hydrogen-bond acceptors (Lipinski definition) is 6. The molecular formula is C8H14N4O3S2. The van der Waals surface area contributed by atoms with E-state index in [1.54, 1.807) is 0 Å². The Morgan fingerprint density at radius 3 is 2.82 bits per heavy atom. The summed E-state index contributed by atoms with van der Waals surface area (Å²) in [6.45, 7) is 0.124. The summed E-state index contributed by atoms with van der Waals surface area (Å²) in [4.78, 5) is 3.86. The molecule has 0 aromatic carbocycles. The number of nitrogens with zero attached hydrogens (tertiary/aromatic N) is 1. The minimum absolute atomic E-state index is 0.0577. The number of pyridine rings is 1. The van der Waals surface area contributed by atoms with E-state index in [0.717, 1.165) is 0 Å². The van der Waals surface area contributed by atoms with E-state index in [2.05, 4.69) is 15.1 Å². The second kappa shape index (κ2) is 6.05. The third-order valence-electron chi connectivity index (χ3n) is 1.87. The van der Waals surface area contributed by atoms with E-state index in [0.29, 0.717) is 0 Å². The number of anilines is 1. The summed E-state index contributed by atoms with van der Waals surface area (Å²) in [6, 6.07) is 2.66. The van der Waals surface area contributed by atoms with Gasteiger partial charge in [0.2, 0.25) is 10.0 Å². The van der Waals surface area contributed by atoms with Crippen molar-refractivity contribution in [3.05, 3.63) is 18.3 Å². The SMILES string of the molecule is CS(=O)CCNS(=O)(=O)c1ccnc(NN)c1. The lowest BCUT2D eigenvalue weighted by molar-refractivity contribution is 0.584. The maximum absolute atomic E-state index is 11.8. The molecule has 0 fully saturated rings. The zero-order chi connectivity index (χ0) is 12.9. The molecular weight excluding hydrogens is 264 g/mol. The first-order valence-electron chi connectivity index (χ1n) is 4.68. The lowest BCUT2D eigenvalue weighted by Crippen LogP contribution is -2.28. The number of sulfonamides is 1. The smallest absolute Gasteiger partial charge is 0.240 e. The molecule has 9 heteroatoms. The van der Waals surface area contributed by atoms with Gasteiger partial charge in [-0.3, -0.25) is 4.21 Å². The van der Waals surface area contributed by atoms with Crippen molar-refractivity contribution >= 4 is 26.6 Å². The van der Waals surface area contributed by atoms with Gasteiger partial charge in [0, 0.05) is 41.6 Å². The van der Waals surface area contributed by atoms with Crippen molar-refractivity contribution in [2.75, 3.05) is 24.0 Å². The zero-order valence-corrected chi connectivity index (χ0v) is 10.8. The number of rotatable bonds is 6. The highest BCUT2D eigenvalue weighted by molar-refractivity contribution is 7.89. The highest BCUT2D eigenvalue weighted by atomic mass is 32.2. The molecule has 0 radical (unpaired) electrons. The molecule has 0 saturated heterocycles. The van der Waals surface area contributed by atoms with Crippen LogP contribution in [0.3, 0.4) is 0 Å². The normalized spacial score (nSPS) is 13.3. The Morgan fingerprint density at radius 2 is 2.24 bits per heavy atom. The fourth-order valence-corrected chi connectivity index (χ4v) is 2.62. The van der Waals surface area contributed by atoms with Crippen molar-refractivity contribution in [1.82, 2.24) is 9.71 Å². The monoisotopic (exact) mass is 278 g/mol. The predicted molar refractivity (Wildman–Crippen MR) is 66.2 cm³/mol. The third kappa shape index (κ3) is 4.38. The molecule has 0 aliphatic carbocycles. The van der Waals surface area contributed by atoms with E-state index in [9.17, 15) is 12.6 Å². The summed E-state index contributed by atoms with van der Waals surface area (Å²) in [5, 5.41) is 0. The molecule has 0 bridgehead atoms. The molecule has 0 saturated carbocycles. The highest BCUT2D eigenvalue weighted by Gasteiger charge is 2.14. The van der Waals surface area contributed by atoms with E-state index in [1.807, 2.05) is 0 Å². The van der Waals surface area contributed by atoms with Crippen molar-refractivity contribution in [2.45, 2.75) is 4.90 Å². The predicted octanol–water partition coefficient (Wildman–Crippen LogP) is -0.976.